The number of hydrogen-bond acceptors (Lipinski definition) is 5. The summed E-state index contributed by atoms with van der Waals surface area (Å²) in [6, 6.07) is 5.77. The van der Waals surface area contributed by atoms with Gasteiger partial charge in [0.1, 0.15) is 11.4 Å². The van der Waals surface area contributed by atoms with E-state index in [1.165, 1.54) is 11.3 Å². The van der Waals surface area contributed by atoms with Crippen molar-refractivity contribution in [2.24, 2.45) is 0 Å². The molecule has 0 bridgehead atoms. The molecule has 0 radical (unpaired) electrons. The lowest BCUT2D eigenvalue weighted by molar-refractivity contribution is -0.121. The van der Waals surface area contributed by atoms with Gasteiger partial charge in [0.05, 0.1) is 17.6 Å². The summed E-state index contributed by atoms with van der Waals surface area (Å²) in [5, 5.41) is 0. The minimum Gasteiger partial charge on any atom is -0.482 e. The highest BCUT2D eigenvalue weighted by molar-refractivity contribution is 7.17. The molecule has 1 aromatic carbocycles. The second-order valence-electron chi connectivity index (χ2n) is 5.53. The van der Waals surface area contributed by atoms with Gasteiger partial charge in [-0.2, -0.15) is 0 Å². The van der Waals surface area contributed by atoms with Gasteiger partial charge in [-0.1, -0.05) is 0 Å². The number of anilines is 1. The molecule has 0 fully saturated rings. The Bertz CT molecular complexity index is 973. The molecule has 122 valence electrons. The lowest BCUT2D eigenvalue weighted by atomic mass is 10.1. The molecule has 1 aliphatic rings. The molecule has 1 aliphatic heterocycles. The van der Waals surface area contributed by atoms with E-state index in [4.69, 9.17) is 4.74 Å². The van der Waals surface area contributed by atoms with Crippen LogP contribution in [0, 0.1) is 6.92 Å². The molecule has 0 spiro atoms. The third-order valence-corrected chi connectivity index (χ3v) is 5.14. The van der Waals surface area contributed by atoms with Gasteiger partial charge in [0.15, 0.2) is 17.9 Å². The number of hydrogen-bond donors (Lipinski definition) is 0. The zero-order valence-electron chi connectivity index (χ0n) is 13.3. The molecular weight excluding hydrogens is 326 g/mol. The summed E-state index contributed by atoms with van der Waals surface area (Å²) in [4.78, 5) is 31.2. The number of benzene rings is 1. The number of aldehydes is 1. The molecule has 0 aliphatic carbocycles. The van der Waals surface area contributed by atoms with Gasteiger partial charge in [-0.3, -0.25) is 14.0 Å². The fraction of sp³-hybridized carbons (Fsp3) is 0.235. The number of imidazole rings is 1. The molecule has 0 saturated carbocycles. The van der Waals surface area contributed by atoms with E-state index in [1.54, 1.807) is 11.1 Å². The van der Waals surface area contributed by atoms with Crippen LogP contribution in [0.4, 0.5) is 5.69 Å². The van der Waals surface area contributed by atoms with Gasteiger partial charge in [0, 0.05) is 17.0 Å². The van der Waals surface area contributed by atoms with Crippen LogP contribution < -0.4 is 9.64 Å². The quantitative estimate of drug-likeness (QED) is 0.687. The highest BCUT2D eigenvalue weighted by Crippen LogP contribution is 2.38. The highest BCUT2D eigenvalue weighted by Gasteiger charge is 2.25. The second-order valence-corrected chi connectivity index (χ2v) is 6.72. The van der Waals surface area contributed by atoms with Crippen molar-refractivity contribution in [2.75, 3.05) is 18.1 Å². The first-order valence-corrected chi connectivity index (χ1v) is 8.45. The molecule has 6 nitrogen and oxygen atoms in total. The van der Waals surface area contributed by atoms with Gasteiger partial charge in [0.2, 0.25) is 0 Å². The summed E-state index contributed by atoms with van der Waals surface area (Å²) >= 11 is 1.54. The Morgan fingerprint density at radius 1 is 1.42 bits per heavy atom. The molecule has 0 atom stereocenters. The number of carbonyl (C=O) groups excluding carboxylic acids is 2. The van der Waals surface area contributed by atoms with E-state index in [9.17, 15) is 9.59 Å². The average molecular weight is 341 g/mol. The van der Waals surface area contributed by atoms with E-state index >= 15 is 0 Å². The number of amides is 1. The number of likely N-dealkylation sites (N-methyl/N-ethyl adjacent to an activating group) is 1. The van der Waals surface area contributed by atoms with Gasteiger partial charge in [-0.15, -0.1) is 11.3 Å². The predicted molar refractivity (Wildman–Crippen MR) is 92.2 cm³/mol. The maximum absolute atomic E-state index is 12.1. The monoisotopic (exact) mass is 341 g/mol. The van der Waals surface area contributed by atoms with Crippen molar-refractivity contribution in [3.8, 4) is 17.0 Å². The number of fused-ring (bicyclic) bond motifs is 2. The van der Waals surface area contributed by atoms with Crippen molar-refractivity contribution in [3.05, 3.63) is 35.0 Å². The Kier molecular flexibility index (Phi) is 3.38. The van der Waals surface area contributed by atoms with Crippen LogP contribution in [0.2, 0.25) is 0 Å². The van der Waals surface area contributed by atoms with Crippen molar-refractivity contribution in [1.29, 1.82) is 0 Å². The number of ether oxygens (including phenoxy) is 1. The average Bonchev–Trinajstić information content (AvgIpc) is 3.11. The van der Waals surface area contributed by atoms with Gasteiger partial charge in [0.25, 0.3) is 5.91 Å². The van der Waals surface area contributed by atoms with E-state index in [2.05, 4.69) is 4.98 Å². The first kappa shape index (κ1) is 14.9. The largest absolute Gasteiger partial charge is 0.482 e. The lowest BCUT2D eigenvalue weighted by Gasteiger charge is -2.28. The van der Waals surface area contributed by atoms with Crippen LogP contribution in [0.25, 0.3) is 16.2 Å². The van der Waals surface area contributed by atoms with Crippen molar-refractivity contribution < 1.29 is 14.3 Å². The number of aryl methyl sites for hydroxylation is 1. The summed E-state index contributed by atoms with van der Waals surface area (Å²) in [6.07, 6.45) is 2.38. The fourth-order valence-electron chi connectivity index (χ4n) is 3.10. The predicted octanol–water partition coefficient (Wildman–Crippen LogP) is 2.93. The topological polar surface area (TPSA) is 63.9 Å². The fourth-order valence-corrected chi connectivity index (χ4v) is 4.07. The lowest BCUT2D eigenvalue weighted by Crippen LogP contribution is -2.38. The molecule has 3 aromatic rings. The van der Waals surface area contributed by atoms with E-state index in [1.807, 2.05) is 36.4 Å². The Hall–Kier alpha value is -2.67. The third-order valence-electron chi connectivity index (χ3n) is 4.17. The molecule has 0 saturated heterocycles. The second kappa shape index (κ2) is 5.45. The smallest absolute Gasteiger partial charge is 0.265 e. The number of thiazole rings is 1. The molecule has 2 aromatic heterocycles. The van der Waals surface area contributed by atoms with Crippen LogP contribution in [0.1, 0.15) is 22.3 Å². The molecule has 4 rings (SSSR count). The molecule has 7 heteroatoms. The van der Waals surface area contributed by atoms with Crippen LogP contribution >= 0.6 is 11.3 Å². The molecule has 1 amide bonds. The summed E-state index contributed by atoms with van der Waals surface area (Å²) in [5.74, 6) is 0.649. The standard InChI is InChI=1S/C17H15N3O3S/c1-3-19-13-6-11(4-5-14(13)23-9-15(19)22)16-10(2)24-17-18-7-12(8-21)20(16)17/h4-8H,3,9H2,1-2H3. The molecular formula is C17H15N3O3S. The zero-order chi connectivity index (χ0) is 16.8. The van der Waals surface area contributed by atoms with Gasteiger partial charge in [-0.25, -0.2) is 4.98 Å². The number of nitrogens with zero attached hydrogens (tertiary/aromatic N) is 3. The van der Waals surface area contributed by atoms with Gasteiger partial charge >= 0.3 is 0 Å². The van der Waals surface area contributed by atoms with Crippen molar-refractivity contribution in [3.63, 3.8) is 0 Å². The third kappa shape index (κ3) is 2.05. The number of rotatable bonds is 3. The molecule has 3 heterocycles. The van der Waals surface area contributed by atoms with Crippen LogP contribution in [0.5, 0.6) is 5.75 Å². The van der Waals surface area contributed by atoms with Crippen molar-refractivity contribution in [1.82, 2.24) is 9.38 Å². The SMILES string of the molecule is CCN1C(=O)COc2ccc(-c3c(C)sc4ncc(C=O)n34)cc21. The van der Waals surface area contributed by atoms with E-state index in [0.29, 0.717) is 18.0 Å². The first-order valence-electron chi connectivity index (χ1n) is 7.63. The maximum Gasteiger partial charge on any atom is 0.265 e. The molecule has 24 heavy (non-hydrogen) atoms. The summed E-state index contributed by atoms with van der Waals surface area (Å²) < 4.78 is 7.38. The van der Waals surface area contributed by atoms with Crippen LogP contribution in [-0.2, 0) is 4.79 Å². The molecule has 0 N–H and O–H groups in total. The number of carbonyl (C=O) groups is 2. The summed E-state index contributed by atoms with van der Waals surface area (Å²) in [5.41, 5.74) is 3.13. The van der Waals surface area contributed by atoms with Crippen molar-refractivity contribution in [2.45, 2.75) is 13.8 Å². The van der Waals surface area contributed by atoms with Gasteiger partial charge in [-0.05, 0) is 32.0 Å². The Morgan fingerprint density at radius 2 is 2.25 bits per heavy atom. The zero-order valence-corrected chi connectivity index (χ0v) is 14.1. The van der Waals surface area contributed by atoms with Gasteiger partial charge < -0.3 is 9.64 Å². The van der Waals surface area contributed by atoms with Crippen LogP contribution in [0.15, 0.2) is 24.4 Å². The summed E-state index contributed by atoms with van der Waals surface area (Å²) in [7, 11) is 0. The highest BCUT2D eigenvalue weighted by atomic mass is 32.1. The molecule has 0 unspecified atom stereocenters. The number of aromatic nitrogens is 2. The minimum absolute atomic E-state index is 0.0504. The van der Waals surface area contributed by atoms with Crippen LogP contribution in [0.3, 0.4) is 0 Å². The Labute approximate surface area is 142 Å². The van der Waals surface area contributed by atoms with E-state index in [-0.39, 0.29) is 12.5 Å². The van der Waals surface area contributed by atoms with Crippen LogP contribution in [-0.4, -0.2) is 34.7 Å². The minimum atomic E-state index is -0.0504. The summed E-state index contributed by atoms with van der Waals surface area (Å²) in [6.45, 7) is 4.59. The van der Waals surface area contributed by atoms with E-state index < -0.39 is 0 Å². The van der Waals surface area contributed by atoms with Crippen molar-refractivity contribution >= 4 is 34.2 Å². The Balaban J connectivity index is 1.94. The first-order chi connectivity index (χ1) is 11.6. The Morgan fingerprint density at radius 3 is 3.00 bits per heavy atom. The maximum atomic E-state index is 12.1. The van der Waals surface area contributed by atoms with E-state index in [0.717, 1.165) is 33.1 Å². The normalized spacial score (nSPS) is 13.9.